The lowest BCUT2D eigenvalue weighted by Crippen LogP contribution is -2.36. The van der Waals surface area contributed by atoms with Crippen molar-refractivity contribution in [2.75, 3.05) is 36.5 Å². The maximum atomic E-state index is 12.4. The highest BCUT2D eigenvalue weighted by Crippen LogP contribution is 2.28. The minimum atomic E-state index is -0.547. The Labute approximate surface area is 181 Å². The molecule has 0 aromatic heterocycles. The van der Waals surface area contributed by atoms with E-state index < -0.39 is 6.09 Å². The van der Waals surface area contributed by atoms with Gasteiger partial charge in [0.1, 0.15) is 5.75 Å². The standard InChI is InChI=1S/C25H23N3O3/c1-18-2-11-23(16-24(18)20-5-3-19(17-26)4-6-20)31-25(29)27-21-7-9-22(10-8-21)28-12-14-30-15-13-28/h2-11,16H,12-15H2,1H3,(H,27,29). The molecule has 0 spiro atoms. The smallest absolute Gasteiger partial charge is 0.410 e. The van der Waals surface area contributed by atoms with Crippen molar-refractivity contribution in [1.82, 2.24) is 0 Å². The number of anilines is 2. The number of rotatable bonds is 4. The molecule has 0 aliphatic carbocycles. The molecule has 1 saturated heterocycles. The molecule has 0 radical (unpaired) electrons. The van der Waals surface area contributed by atoms with Gasteiger partial charge < -0.3 is 14.4 Å². The molecular weight excluding hydrogens is 390 g/mol. The Kier molecular flexibility index (Phi) is 6.16. The van der Waals surface area contributed by atoms with Crippen molar-refractivity contribution in [3.05, 3.63) is 77.9 Å². The number of hydrogen-bond acceptors (Lipinski definition) is 5. The fraction of sp³-hybridized carbons (Fsp3) is 0.200. The van der Waals surface area contributed by atoms with Gasteiger partial charge in [-0.15, -0.1) is 0 Å². The van der Waals surface area contributed by atoms with Crippen molar-refractivity contribution in [3.8, 4) is 22.9 Å². The number of nitriles is 1. The number of hydrogen-bond donors (Lipinski definition) is 1. The summed E-state index contributed by atoms with van der Waals surface area (Å²) in [7, 11) is 0. The van der Waals surface area contributed by atoms with E-state index in [1.807, 2.05) is 55.5 Å². The molecule has 6 heteroatoms. The molecule has 6 nitrogen and oxygen atoms in total. The summed E-state index contributed by atoms with van der Waals surface area (Å²) in [6.07, 6.45) is -0.547. The first-order valence-corrected chi connectivity index (χ1v) is 10.2. The lowest BCUT2D eigenvalue weighted by molar-refractivity contribution is 0.122. The molecule has 0 unspecified atom stereocenters. The van der Waals surface area contributed by atoms with Gasteiger partial charge in [0, 0.05) is 24.5 Å². The molecule has 3 aromatic carbocycles. The average molecular weight is 413 g/mol. The van der Waals surface area contributed by atoms with Crippen molar-refractivity contribution < 1.29 is 14.3 Å². The van der Waals surface area contributed by atoms with Crippen LogP contribution in [-0.2, 0) is 4.74 Å². The van der Waals surface area contributed by atoms with Crippen LogP contribution in [0, 0.1) is 18.3 Å². The number of nitrogens with zero attached hydrogens (tertiary/aromatic N) is 2. The second kappa shape index (κ2) is 9.33. The van der Waals surface area contributed by atoms with Gasteiger partial charge >= 0.3 is 6.09 Å². The molecule has 1 fully saturated rings. The fourth-order valence-corrected chi connectivity index (χ4v) is 3.53. The van der Waals surface area contributed by atoms with E-state index in [1.54, 1.807) is 18.2 Å². The van der Waals surface area contributed by atoms with Gasteiger partial charge in [-0.1, -0.05) is 18.2 Å². The third-order valence-electron chi connectivity index (χ3n) is 5.23. The molecule has 0 bridgehead atoms. The quantitative estimate of drug-likeness (QED) is 0.653. The summed E-state index contributed by atoms with van der Waals surface area (Å²) in [5.41, 5.74) is 5.34. The number of nitrogens with one attached hydrogen (secondary N) is 1. The van der Waals surface area contributed by atoms with Crippen molar-refractivity contribution in [3.63, 3.8) is 0 Å². The van der Waals surface area contributed by atoms with Crippen LogP contribution in [0.1, 0.15) is 11.1 Å². The number of aryl methyl sites for hydroxylation is 1. The van der Waals surface area contributed by atoms with Gasteiger partial charge in [0.15, 0.2) is 0 Å². The summed E-state index contributed by atoms with van der Waals surface area (Å²) < 4.78 is 10.9. The predicted molar refractivity (Wildman–Crippen MR) is 120 cm³/mol. The summed E-state index contributed by atoms with van der Waals surface area (Å²) >= 11 is 0. The zero-order valence-corrected chi connectivity index (χ0v) is 17.3. The van der Waals surface area contributed by atoms with Crippen LogP contribution in [-0.4, -0.2) is 32.4 Å². The predicted octanol–water partition coefficient (Wildman–Crippen LogP) is 4.98. The van der Waals surface area contributed by atoms with E-state index in [-0.39, 0.29) is 0 Å². The highest BCUT2D eigenvalue weighted by molar-refractivity contribution is 5.87. The highest BCUT2D eigenvalue weighted by Gasteiger charge is 2.12. The van der Waals surface area contributed by atoms with E-state index in [0.717, 1.165) is 48.7 Å². The number of amides is 1. The molecular formula is C25H23N3O3. The number of morpholine rings is 1. The molecule has 1 heterocycles. The molecule has 1 N–H and O–H groups in total. The highest BCUT2D eigenvalue weighted by atomic mass is 16.6. The lowest BCUT2D eigenvalue weighted by atomic mass is 9.99. The van der Waals surface area contributed by atoms with Gasteiger partial charge in [-0.2, -0.15) is 5.26 Å². The summed E-state index contributed by atoms with van der Waals surface area (Å²) in [6, 6.07) is 22.6. The van der Waals surface area contributed by atoms with Crippen molar-refractivity contribution in [2.45, 2.75) is 6.92 Å². The van der Waals surface area contributed by atoms with Crippen molar-refractivity contribution in [2.24, 2.45) is 0 Å². The molecule has 0 atom stereocenters. The Morgan fingerprint density at radius 1 is 1.03 bits per heavy atom. The Morgan fingerprint density at radius 2 is 1.74 bits per heavy atom. The van der Waals surface area contributed by atoms with Crippen LogP contribution < -0.4 is 15.0 Å². The van der Waals surface area contributed by atoms with Gasteiger partial charge in [0.05, 0.1) is 24.8 Å². The molecule has 0 saturated carbocycles. The van der Waals surface area contributed by atoms with E-state index in [1.165, 1.54) is 0 Å². The topological polar surface area (TPSA) is 74.6 Å². The summed E-state index contributed by atoms with van der Waals surface area (Å²) in [6.45, 7) is 5.18. The third kappa shape index (κ3) is 5.03. The van der Waals surface area contributed by atoms with Crippen LogP contribution in [0.3, 0.4) is 0 Å². The van der Waals surface area contributed by atoms with Gasteiger partial charge in [-0.3, -0.25) is 5.32 Å². The molecule has 1 aliphatic rings. The van der Waals surface area contributed by atoms with Crippen molar-refractivity contribution >= 4 is 17.5 Å². The molecule has 4 rings (SSSR count). The normalized spacial score (nSPS) is 13.4. The monoisotopic (exact) mass is 413 g/mol. The molecule has 3 aromatic rings. The second-order valence-corrected chi connectivity index (χ2v) is 7.33. The largest absolute Gasteiger partial charge is 0.417 e. The number of carbonyl (C=O) groups excluding carboxylic acids is 1. The zero-order valence-electron chi connectivity index (χ0n) is 17.3. The van der Waals surface area contributed by atoms with Crippen molar-refractivity contribution in [1.29, 1.82) is 5.26 Å². The van der Waals surface area contributed by atoms with E-state index in [0.29, 0.717) is 17.0 Å². The number of carbonyl (C=O) groups is 1. The second-order valence-electron chi connectivity index (χ2n) is 7.33. The Hall–Kier alpha value is -3.82. The first-order chi connectivity index (χ1) is 15.1. The molecule has 1 amide bonds. The SMILES string of the molecule is Cc1ccc(OC(=O)Nc2ccc(N3CCOCC3)cc2)cc1-c1ccc(C#N)cc1. The number of ether oxygens (including phenoxy) is 2. The van der Waals surface area contributed by atoms with Crippen LogP contribution in [0.25, 0.3) is 11.1 Å². The van der Waals surface area contributed by atoms with E-state index in [4.69, 9.17) is 14.7 Å². The summed E-state index contributed by atoms with van der Waals surface area (Å²) in [4.78, 5) is 14.6. The van der Waals surface area contributed by atoms with Crippen LogP contribution in [0.4, 0.5) is 16.2 Å². The Balaban J connectivity index is 1.42. The fourth-order valence-electron chi connectivity index (χ4n) is 3.53. The minimum Gasteiger partial charge on any atom is -0.410 e. The van der Waals surface area contributed by atoms with Gasteiger partial charge in [0.2, 0.25) is 0 Å². The van der Waals surface area contributed by atoms with E-state index in [2.05, 4.69) is 16.3 Å². The van der Waals surface area contributed by atoms with E-state index in [9.17, 15) is 4.79 Å². The summed E-state index contributed by atoms with van der Waals surface area (Å²) in [5.74, 6) is 0.451. The molecule has 156 valence electrons. The Morgan fingerprint density at radius 3 is 2.42 bits per heavy atom. The van der Waals surface area contributed by atoms with Gasteiger partial charge in [0.25, 0.3) is 0 Å². The van der Waals surface area contributed by atoms with Crippen LogP contribution in [0.15, 0.2) is 66.7 Å². The third-order valence-corrected chi connectivity index (χ3v) is 5.23. The number of benzene rings is 3. The first-order valence-electron chi connectivity index (χ1n) is 10.2. The maximum Gasteiger partial charge on any atom is 0.417 e. The van der Waals surface area contributed by atoms with Crippen LogP contribution in [0.5, 0.6) is 5.75 Å². The summed E-state index contributed by atoms with van der Waals surface area (Å²) in [5, 5.41) is 11.7. The average Bonchev–Trinajstić information content (AvgIpc) is 2.81. The first kappa shape index (κ1) is 20.5. The van der Waals surface area contributed by atoms with Gasteiger partial charge in [-0.25, -0.2) is 4.79 Å². The van der Waals surface area contributed by atoms with Gasteiger partial charge in [-0.05, 0) is 72.1 Å². The van der Waals surface area contributed by atoms with E-state index >= 15 is 0 Å². The van der Waals surface area contributed by atoms with Crippen LogP contribution >= 0.6 is 0 Å². The minimum absolute atomic E-state index is 0.451. The van der Waals surface area contributed by atoms with Crippen LogP contribution in [0.2, 0.25) is 0 Å². The maximum absolute atomic E-state index is 12.4. The molecule has 1 aliphatic heterocycles. The Bertz CT molecular complexity index is 1100. The zero-order chi connectivity index (χ0) is 21.6. The molecule has 31 heavy (non-hydrogen) atoms. The lowest BCUT2D eigenvalue weighted by Gasteiger charge is -2.28.